The molecule has 4 heteroatoms. The molecule has 1 aliphatic rings. The van der Waals surface area contributed by atoms with E-state index < -0.39 is 0 Å². The highest BCUT2D eigenvalue weighted by molar-refractivity contribution is 5.67. The summed E-state index contributed by atoms with van der Waals surface area (Å²) < 4.78 is 5.13. The molecule has 1 aliphatic carbocycles. The summed E-state index contributed by atoms with van der Waals surface area (Å²) in [6, 6.07) is 0.257. The third-order valence-corrected chi connectivity index (χ3v) is 2.32. The summed E-state index contributed by atoms with van der Waals surface area (Å²) in [4.78, 5) is 11.0. The Morgan fingerprint density at radius 1 is 1.57 bits per heavy atom. The smallest absolute Gasteiger partial charge is 0.407 e. The van der Waals surface area contributed by atoms with Gasteiger partial charge in [-0.3, -0.25) is 0 Å². The topological polar surface area (TPSA) is 64.3 Å². The Kier molecular flexibility index (Phi) is 4.46. The van der Waals surface area contributed by atoms with Gasteiger partial charge in [0.15, 0.2) is 0 Å². The van der Waals surface area contributed by atoms with Gasteiger partial charge < -0.3 is 15.8 Å². The number of hydrogen-bond donors (Lipinski definition) is 2. The fourth-order valence-corrected chi connectivity index (χ4v) is 1.50. The van der Waals surface area contributed by atoms with Crippen LogP contribution in [0.15, 0.2) is 12.2 Å². The third kappa shape index (κ3) is 3.79. The molecule has 0 bridgehead atoms. The molecule has 0 aliphatic heterocycles. The molecule has 0 saturated heterocycles. The molecule has 4 nitrogen and oxygen atoms in total. The Labute approximate surface area is 84.5 Å². The van der Waals surface area contributed by atoms with Crippen molar-refractivity contribution in [1.82, 2.24) is 5.32 Å². The molecule has 0 radical (unpaired) electrons. The molecule has 0 aromatic carbocycles. The van der Waals surface area contributed by atoms with Crippen LogP contribution in [0.3, 0.4) is 0 Å². The van der Waals surface area contributed by atoms with Gasteiger partial charge in [-0.1, -0.05) is 6.08 Å². The predicted molar refractivity (Wildman–Crippen MR) is 54.9 cm³/mol. The van der Waals surface area contributed by atoms with Gasteiger partial charge in [-0.25, -0.2) is 4.79 Å². The van der Waals surface area contributed by atoms with Crippen LogP contribution in [0.25, 0.3) is 0 Å². The van der Waals surface area contributed by atoms with Gasteiger partial charge in [-0.2, -0.15) is 0 Å². The molecule has 1 amide bonds. The molecule has 2 unspecified atom stereocenters. The molecule has 0 fully saturated rings. The summed E-state index contributed by atoms with van der Waals surface area (Å²) in [6.07, 6.45) is 7.19. The second-order valence-electron chi connectivity index (χ2n) is 3.55. The zero-order valence-electron chi connectivity index (χ0n) is 8.53. The molecule has 0 aromatic rings. The molecular weight excluding hydrogens is 180 g/mol. The van der Waals surface area contributed by atoms with Crippen molar-refractivity contribution in [2.75, 3.05) is 7.05 Å². The average molecular weight is 198 g/mol. The molecule has 3 N–H and O–H groups in total. The van der Waals surface area contributed by atoms with Crippen molar-refractivity contribution in [2.45, 2.75) is 37.8 Å². The first-order valence-corrected chi connectivity index (χ1v) is 5.03. The van der Waals surface area contributed by atoms with Crippen molar-refractivity contribution < 1.29 is 9.53 Å². The summed E-state index contributed by atoms with van der Waals surface area (Å²) in [5.74, 6) is 0. The number of amides is 1. The van der Waals surface area contributed by atoms with Crippen molar-refractivity contribution >= 4 is 6.09 Å². The van der Waals surface area contributed by atoms with Gasteiger partial charge in [0.05, 0.1) is 0 Å². The lowest BCUT2D eigenvalue weighted by atomic mass is 10.0. The molecular formula is C10H18N2O2. The Balaban J connectivity index is 2.41. The van der Waals surface area contributed by atoms with E-state index in [0.717, 1.165) is 25.7 Å². The van der Waals surface area contributed by atoms with Crippen molar-refractivity contribution in [3.63, 3.8) is 0 Å². The molecule has 80 valence electrons. The maximum absolute atomic E-state index is 11.0. The summed E-state index contributed by atoms with van der Waals surface area (Å²) in [5, 5.41) is 2.44. The van der Waals surface area contributed by atoms with Crippen LogP contribution in [-0.2, 0) is 4.74 Å². The number of nitrogens with two attached hydrogens (primary N) is 1. The zero-order valence-corrected chi connectivity index (χ0v) is 8.53. The van der Waals surface area contributed by atoms with E-state index in [-0.39, 0.29) is 18.2 Å². The van der Waals surface area contributed by atoms with Crippen LogP contribution in [0.2, 0.25) is 0 Å². The number of carbonyl (C=O) groups excluding carboxylic acids is 1. The van der Waals surface area contributed by atoms with E-state index in [2.05, 4.69) is 5.32 Å². The molecule has 0 aromatic heterocycles. The van der Waals surface area contributed by atoms with Crippen molar-refractivity contribution in [3.8, 4) is 0 Å². The highest BCUT2D eigenvalue weighted by Gasteiger charge is 2.13. The summed E-state index contributed by atoms with van der Waals surface area (Å²) in [5.41, 5.74) is 5.81. The van der Waals surface area contributed by atoms with Gasteiger partial charge in [0.25, 0.3) is 0 Å². The van der Waals surface area contributed by atoms with E-state index >= 15 is 0 Å². The molecule has 14 heavy (non-hydrogen) atoms. The summed E-state index contributed by atoms with van der Waals surface area (Å²) >= 11 is 0. The van der Waals surface area contributed by atoms with Gasteiger partial charge in [0.1, 0.15) is 6.10 Å². The molecule has 0 heterocycles. The summed E-state index contributed by atoms with van der Waals surface area (Å²) in [6.45, 7) is 0. The van der Waals surface area contributed by atoms with Crippen molar-refractivity contribution in [3.05, 3.63) is 12.2 Å². The number of nitrogens with one attached hydrogen (secondary N) is 1. The van der Waals surface area contributed by atoms with E-state index in [0.29, 0.717) is 0 Å². The fraction of sp³-hybridized carbons (Fsp3) is 0.700. The van der Waals surface area contributed by atoms with Crippen LogP contribution >= 0.6 is 0 Å². The van der Waals surface area contributed by atoms with Gasteiger partial charge in [-0.15, -0.1) is 0 Å². The van der Waals surface area contributed by atoms with Crippen LogP contribution in [0.5, 0.6) is 0 Å². The largest absolute Gasteiger partial charge is 0.442 e. The van der Waals surface area contributed by atoms with Crippen LogP contribution in [0, 0.1) is 0 Å². The number of hydrogen-bond acceptors (Lipinski definition) is 3. The first kappa shape index (κ1) is 11.0. The Bertz CT molecular complexity index is 216. The van der Waals surface area contributed by atoms with E-state index in [4.69, 9.17) is 10.5 Å². The summed E-state index contributed by atoms with van der Waals surface area (Å²) in [7, 11) is 1.56. The maximum atomic E-state index is 11.0. The first-order chi connectivity index (χ1) is 6.72. The zero-order chi connectivity index (χ0) is 10.4. The molecule has 1 rings (SSSR count). The normalized spacial score (nSPS) is 27.6. The average Bonchev–Trinajstić information content (AvgIpc) is 2.14. The Morgan fingerprint density at radius 2 is 2.36 bits per heavy atom. The monoisotopic (exact) mass is 198 g/mol. The van der Waals surface area contributed by atoms with E-state index in [1.54, 1.807) is 7.05 Å². The minimum atomic E-state index is -0.371. The number of carbonyl (C=O) groups is 1. The quantitative estimate of drug-likeness (QED) is 0.621. The third-order valence-electron chi connectivity index (χ3n) is 2.32. The standard InChI is InChI=1S/C10H18N2O2/c1-12-10(13)14-9-6-2-4-8(11)5-3-7-9/h2,6,8-9H,3-5,7,11H2,1H3,(H,12,13). The van der Waals surface area contributed by atoms with E-state index in [9.17, 15) is 4.79 Å². The van der Waals surface area contributed by atoms with Gasteiger partial charge >= 0.3 is 6.09 Å². The van der Waals surface area contributed by atoms with Gasteiger partial charge in [0.2, 0.25) is 0 Å². The van der Waals surface area contributed by atoms with Crippen molar-refractivity contribution in [1.29, 1.82) is 0 Å². The Hall–Kier alpha value is -1.03. The lowest BCUT2D eigenvalue weighted by Gasteiger charge is -2.18. The van der Waals surface area contributed by atoms with E-state index in [1.807, 2.05) is 12.2 Å². The lowest BCUT2D eigenvalue weighted by Crippen LogP contribution is -2.27. The van der Waals surface area contributed by atoms with Crippen LogP contribution in [0.4, 0.5) is 4.79 Å². The number of rotatable bonds is 1. The highest BCUT2D eigenvalue weighted by atomic mass is 16.6. The first-order valence-electron chi connectivity index (χ1n) is 5.03. The van der Waals surface area contributed by atoms with Gasteiger partial charge in [-0.05, 0) is 31.8 Å². The van der Waals surface area contributed by atoms with Crippen LogP contribution in [0.1, 0.15) is 25.7 Å². The molecule has 2 atom stereocenters. The predicted octanol–water partition coefficient (Wildman–Crippen LogP) is 1.17. The highest BCUT2D eigenvalue weighted by Crippen LogP contribution is 2.13. The van der Waals surface area contributed by atoms with Crippen molar-refractivity contribution in [2.24, 2.45) is 5.73 Å². The number of ether oxygens (including phenoxy) is 1. The lowest BCUT2D eigenvalue weighted by molar-refractivity contribution is 0.115. The van der Waals surface area contributed by atoms with E-state index in [1.165, 1.54) is 0 Å². The number of alkyl carbamates (subject to hydrolysis) is 1. The second-order valence-corrected chi connectivity index (χ2v) is 3.55. The van der Waals surface area contributed by atoms with Crippen LogP contribution in [-0.4, -0.2) is 25.3 Å². The molecule has 0 saturated carbocycles. The minimum absolute atomic E-state index is 0.0950. The van der Waals surface area contributed by atoms with Gasteiger partial charge in [0, 0.05) is 13.1 Å². The SMILES string of the molecule is CNC(=O)OC1C=CCC(N)CCC1. The Morgan fingerprint density at radius 3 is 3.07 bits per heavy atom. The second kappa shape index (κ2) is 5.65. The van der Waals surface area contributed by atoms with Crippen LogP contribution < -0.4 is 11.1 Å². The molecule has 0 spiro atoms. The maximum Gasteiger partial charge on any atom is 0.407 e. The fourth-order valence-electron chi connectivity index (χ4n) is 1.50. The minimum Gasteiger partial charge on any atom is -0.442 e.